The van der Waals surface area contributed by atoms with E-state index in [2.05, 4.69) is 20.1 Å². The van der Waals surface area contributed by atoms with Crippen LogP contribution >= 0.6 is 15.9 Å². The summed E-state index contributed by atoms with van der Waals surface area (Å²) in [5, 5.41) is 0. The normalized spacial score (nSPS) is 11.6. The van der Waals surface area contributed by atoms with Gasteiger partial charge in [-0.05, 0) is 28.1 Å². The maximum Gasteiger partial charge on any atom is 0.299 e. The van der Waals surface area contributed by atoms with Crippen molar-refractivity contribution < 1.29 is 17.0 Å². The molecule has 1 aromatic carbocycles. The van der Waals surface area contributed by atoms with Gasteiger partial charge in [0, 0.05) is 0 Å². The highest BCUT2D eigenvalue weighted by molar-refractivity contribution is 9.10. The van der Waals surface area contributed by atoms with Gasteiger partial charge in [0.15, 0.2) is 5.82 Å². The van der Waals surface area contributed by atoms with Gasteiger partial charge in [0.05, 0.1) is 11.6 Å². The van der Waals surface area contributed by atoms with Crippen molar-refractivity contribution in [3.05, 3.63) is 28.5 Å². The summed E-state index contributed by atoms with van der Waals surface area (Å²) in [7, 11) is -2.97. The molecule has 6 heteroatoms. The van der Waals surface area contributed by atoms with Crippen LogP contribution in [0.5, 0.6) is 0 Å². The average molecular weight is 269 g/mol. The van der Waals surface area contributed by atoms with Crippen LogP contribution in [0.4, 0.5) is 4.39 Å². The van der Waals surface area contributed by atoms with Crippen molar-refractivity contribution in [2.45, 2.75) is 4.90 Å². The van der Waals surface area contributed by atoms with E-state index in [0.29, 0.717) is 0 Å². The molecule has 0 unspecified atom stereocenters. The zero-order valence-corrected chi connectivity index (χ0v) is 9.02. The van der Waals surface area contributed by atoms with E-state index in [0.717, 1.165) is 13.2 Å². The van der Waals surface area contributed by atoms with Crippen LogP contribution in [0.15, 0.2) is 27.6 Å². The highest BCUT2D eigenvalue weighted by Crippen LogP contribution is 2.23. The molecule has 0 atom stereocenters. The molecule has 0 bridgehead atoms. The monoisotopic (exact) mass is 268 g/mol. The summed E-state index contributed by atoms with van der Waals surface area (Å²) in [4.78, 5) is -0.468. The minimum absolute atomic E-state index is 0.0885. The highest BCUT2D eigenvalue weighted by atomic mass is 79.9. The molecule has 3 nitrogen and oxygen atoms in total. The summed E-state index contributed by atoms with van der Waals surface area (Å²) >= 11 is 2.87. The summed E-state index contributed by atoms with van der Waals surface area (Å²) in [5.74, 6) is -0.843. The summed E-state index contributed by atoms with van der Waals surface area (Å²) < 4.78 is 39.6. The maximum absolute atomic E-state index is 13.2. The Morgan fingerprint density at radius 2 is 2.08 bits per heavy atom. The quantitative estimate of drug-likeness (QED) is 0.770. The smallest absolute Gasteiger partial charge is 0.270 e. The molecule has 0 saturated heterocycles. The molecule has 1 rings (SSSR count). The van der Waals surface area contributed by atoms with Gasteiger partial charge in [0.25, 0.3) is 10.1 Å². The SMILES string of the molecule is COS(=O)(=O)c1cccc(Br)c1F. The minimum Gasteiger partial charge on any atom is -0.270 e. The van der Waals surface area contributed by atoms with Gasteiger partial charge < -0.3 is 0 Å². The molecule has 1 aromatic rings. The van der Waals surface area contributed by atoms with Gasteiger partial charge >= 0.3 is 0 Å². The Hall–Kier alpha value is -0.460. The largest absolute Gasteiger partial charge is 0.299 e. The van der Waals surface area contributed by atoms with Crippen molar-refractivity contribution in [1.82, 2.24) is 0 Å². The van der Waals surface area contributed by atoms with E-state index in [-0.39, 0.29) is 4.47 Å². The first-order valence-electron chi connectivity index (χ1n) is 3.23. The van der Waals surface area contributed by atoms with Crippen molar-refractivity contribution in [2.24, 2.45) is 0 Å². The molecule has 72 valence electrons. The van der Waals surface area contributed by atoms with Crippen LogP contribution in [-0.4, -0.2) is 15.5 Å². The number of halogens is 2. The van der Waals surface area contributed by atoms with Crippen LogP contribution in [0.1, 0.15) is 0 Å². The second-order valence-electron chi connectivity index (χ2n) is 2.17. The molecule has 0 N–H and O–H groups in total. The van der Waals surface area contributed by atoms with E-state index >= 15 is 0 Å². The third-order valence-corrected chi connectivity index (χ3v) is 3.31. The van der Waals surface area contributed by atoms with Crippen molar-refractivity contribution in [2.75, 3.05) is 7.11 Å². The van der Waals surface area contributed by atoms with Gasteiger partial charge in [-0.3, -0.25) is 4.18 Å². The molecule has 0 saturated carbocycles. The molecule has 0 aliphatic rings. The zero-order chi connectivity index (χ0) is 10.1. The average Bonchev–Trinajstić information content (AvgIpc) is 2.09. The second kappa shape index (κ2) is 3.73. The Bertz CT molecular complexity index is 416. The Labute approximate surface area is 83.8 Å². The molecule has 0 aliphatic heterocycles. The van der Waals surface area contributed by atoms with Crippen LogP contribution < -0.4 is 0 Å². The first kappa shape index (κ1) is 10.6. The fraction of sp³-hybridized carbons (Fsp3) is 0.143. The Morgan fingerprint density at radius 1 is 1.46 bits per heavy atom. The van der Waals surface area contributed by atoms with E-state index < -0.39 is 20.8 Å². The predicted octanol–water partition coefficient (Wildman–Crippen LogP) is 1.92. The zero-order valence-electron chi connectivity index (χ0n) is 6.62. The highest BCUT2D eigenvalue weighted by Gasteiger charge is 2.19. The van der Waals surface area contributed by atoms with Crippen molar-refractivity contribution >= 4 is 26.0 Å². The van der Waals surface area contributed by atoms with E-state index in [1.165, 1.54) is 12.1 Å². The van der Waals surface area contributed by atoms with Gasteiger partial charge in [0.2, 0.25) is 0 Å². The molecule has 0 radical (unpaired) electrons. The van der Waals surface area contributed by atoms with E-state index in [1.54, 1.807) is 0 Å². The molecular formula is C7H6BrFO3S. The standard InChI is InChI=1S/C7H6BrFO3S/c1-12-13(10,11)6-4-2-3-5(8)7(6)9/h2-4H,1H3. The summed E-state index contributed by atoms with van der Waals surface area (Å²) in [6, 6.07) is 3.96. The van der Waals surface area contributed by atoms with Crippen LogP contribution in [0.25, 0.3) is 0 Å². The van der Waals surface area contributed by atoms with E-state index in [1.807, 2.05) is 0 Å². The molecular weight excluding hydrogens is 263 g/mol. The lowest BCUT2D eigenvalue weighted by Gasteiger charge is -2.03. The van der Waals surface area contributed by atoms with Gasteiger partial charge in [-0.15, -0.1) is 0 Å². The van der Waals surface area contributed by atoms with E-state index in [4.69, 9.17) is 0 Å². The molecule has 0 aromatic heterocycles. The molecule has 0 spiro atoms. The lowest BCUT2D eigenvalue weighted by molar-refractivity contribution is 0.393. The fourth-order valence-electron chi connectivity index (χ4n) is 0.767. The molecule has 0 aliphatic carbocycles. The first-order chi connectivity index (χ1) is 5.99. The maximum atomic E-state index is 13.2. The molecule has 0 amide bonds. The number of hydrogen-bond donors (Lipinski definition) is 0. The topological polar surface area (TPSA) is 43.4 Å². The van der Waals surface area contributed by atoms with Crippen LogP contribution in [0.3, 0.4) is 0 Å². The van der Waals surface area contributed by atoms with Gasteiger partial charge in [-0.2, -0.15) is 8.42 Å². The lowest BCUT2D eigenvalue weighted by atomic mass is 10.3. The third kappa shape index (κ3) is 2.07. The lowest BCUT2D eigenvalue weighted by Crippen LogP contribution is -2.05. The summed E-state index contributed by atoms with van der Waals surface area (Å²) in [5.41, 5.74) is 0. The van der Waals surface area contributed by atoms with E-state index in [9.17, 15) is 12.8 Å². The Balaban J connectivity index is 3.40. The third-order valence-electron chi connectivity index (χ3n) is 1.40. The first-order valence-corrected chi connectivity index (χ1v) is 5.44. The Morgan fingerprint density at radius 3 is 2.62 bits per heavy atom. The Kier molecular flexibility index (Phi) is 3.05. The van der Waals surface area contributed by atoms with Gasteiger partial charge in [-0.25, -0.2) is 4.39 Å². The second-order valence-corrected chi connectivity index (χ2v) is 4.71. The molecule has 0 heterocycles. The number of rotatable bonds is 2. The number of hydrogen-bond acceptors (Lipinski definition) is 3. The molecule has 13 heavy (non-hydrogen) atoms. The van der Waals surface area contributed by atoms with Gasteiger partial charge in [-0.1, -0.05) is 6.07 Å². The van der Waals surface area contributed by atoms with Crippen molar-refractivity contribution in [1.29, 1.82) is 0 Å². The van der Waals surface area contributed by atoms with Crippen molar-refractivity contribution in [3.63, 3.8) is 0 Å². The van der Waals surface area contributed by atoms with Crippen molar-refractivity contribution in [3.8, 4) is 0 Å². The van der Waals surface area contributed by atoms with Gasteiger partial charge in [0.1, 0.15) is 4.90 Å². The minimum atomic E-state index is -3.96. The summed E-state index contributed by atoms with van der Waals surface area (Å²) in [6.45, 7) is 0. The van der Waals surface area contributed by atoms with Crippen LogP contribution in [-0.2, 0) is 14.3 Å². The summed E-state index contributed by atoms with van der Waals surface area (Å²) in [6.07, 6.45) is 0. The fourth-order valence-corrected chi connectivity index (χ4v) is 2.02. The number of benzene rings is 1. The molecule has 0 fully saturated rings. The van der Waals surface area contributed by atoms with Crippen LogP contribution in [0, 0.1) is 5.82 Å². The predicted molar refractivity (Wildman–Crippen MR) is 48.3 cm³/mol. The van der Waals surface area contributed by atoms with Crippen LogP contribution in [0.2, 0.25) is 0 Å².